The molecule has 1 amide bonds. The van der Waals surface area contributed by atoms with Crippen LogP contribution in [0.5, 0.6) is 0 Å². The minimum absolute atomic E-state index is 0. The molecular weight excluding hydrogens is 337 g/mol. The zero-order valence-electron chi connectivity index (χ0n) is 12.9. The molecule has 23 heavy (non-hydrogen) atoms. The molecule has 2 N–H and O–H groups in total. The van der Waals surface area contributed by atoms with Gasteiger partial charge >= 0.3 is 0 Å². The molecular formula is C15H21Cl2N5O. The molecule has 1 aromatic carbocycles. The van der Waals surface area contributed by atoms with E-state index >= 15 is 0 Å². The van der Waals surface area contributed by atoms with Crippen molar-refractivity contribution in [3.8, 4) is 0 Å². The van der Waals surface area contributed by atoms with E-state index in [4.69, 9.17) is 0 Å². The lowest BCUT2D eigenvalue weighted by Crippen LogP contribution is -2.35. The van der Waals surface area contributed by atoms with E-state index in [0.29, 0.717) is 6.54 Å². The lowest BCUT2D eigenvalue weighted by atomic mass is 9.88. The third-order valence-electron chi connectivity index (χ3n) is 3.91. The standard InChI is InChI=1S/C15H19N5O.2ClH/c1-15(5-6-16-9-15)14(21)19-13-4-2-3-12(7-13)8-20-11-17-10-18-20;;/h2-4,7,10-11,16H,5-6,8-9H2,1H3,(H,19,21);2*1H. The van der Waals surface area contributed by atoms with E-state index in [1.807, 2.05) is 31.2 Å². The fourth-order valence-electron chi connectivity index (χ4n) is 2.54. The highest BCUT2D eigenvalue weighted by molar-refractivity contribution is 5.95. The summed E-state index contributed by atoms with van der Waals surface area (Å²) in [6, 6.07) is 7.84. The number of benzene rings is 1. The van der Waals surface area contributed by atoms with Crippen LogP contribution in [0.4, 0.5) is 5.69 Å². The van der Waals surface area contributed by atoms with Crippen molar-refractivity contribution in [3.05, 3.63) is 42.5 Å². The largest absolute Gasteiger partial charge is 0.326 e. The first-order valence-corrected chi connectivity index (χ1v) is 7.09. The first kappa shape index (κ1) is 19.4. The van der Waals surface area contributed by atoms with E-state index in [1.165, 1.54) is 6.33 Å². The molecule has 3 rings (SSSR count). The number of amides is 1. The number of aromatic nitrogens is 3. The van der Waals surface area contributed by atoms with Gasteiger partial charge in [-0.25, -0.2) is 9.67 Å². The molecule has 1 aliphatic heterocycles. The summed E-state index contributed by atoms with van der Waals surface area (Å²) in [7, 11) is 0. The molecule has 0 spiro atoms. The van der Waals surface area contributed by atoms with E-state index in [9.17, 15) is 4.79 Å². The number of rotatable bonds is 4. The van der Waals surface area contributed by atoms with Crippen LogP contribution in [0.2, 0.25) is 0 Å². The molecule has 1 aliphatic rings. The van der Waals surface area contributed by atoms with Crippen molar-refractivity contribution in [2.75, 3.05) is 18.4 Å². The molecule has 1 unspecified atom stereocenters. The van der Waals surface area contributed by atoms with Gasteiger partial charge in [0, 0.05) is 12.2 Å². The summed E-state index contributed by atoms with van der Waals surface area (Å²) in [6.45, 7) is 4.28. The number of nitrogens with one attached hydrogen (secondary N) is 2. The second-order valence-corrected chi connectivity index (χ2v) is 5.73. The lowest BCUT2D eigenvalue weighted by Gasteiger charge is -2.21. The number of hydrogen-bond donors (Lipinski definition) is 2. The maximum atomic E-state index is 12.4. The molecule has 1 fully saturated rings. The monoisotopic (exact) mass is 357 g/mol. The van der Waals surface area contributed by atoms with Crippen LogP contribution in [-0.4, -0.2) is 33.8 Å². The zero-order chi connectivity index (χ0) is 14.7. The van der Waals surface area contributed by atoms with Crippen LogP contribution in [-0.2, 0) is 11.3 Å². The van der Waals surface area contributed by atoms with Gasteiger partial charge in [0.2, 0.25) is 5.91 Å². The predicted molar refractivity (Wildman–Crippen MR) is 94.3 cm³/mol. The average Bonchev–Trinajstić information content (AvgIpc) is 3.12. The summed E-state index contributed by atoms with van der Waals surface area (Å²) in [5.41, 5.74) is 1.58. The number of anilines is 1. The Morgan fingerprint density at radius 1 is 1.43 bits per heavy atom. The molecule has 1 saturated heterocycles. The van der Waals surface area contributed by atoms with Crippen LogP contribution in [0.25, 0.3) is 0 Å². The number of carbonyl (C=O) groups excluding carboxylic acids is 1. The Hall–Kier alpha value is -1.63. The molecule has 0 saturated carbocycles. The molecule has 8 heteroatoms. The number of carbonyl (C=O) groups is 1. The van der Waals surface area contributed by atoms with Gasteiger partial charge in [0.05, 0.1) is 12.0 Å². The minimum atomic E-state index is -0.318. The Bertz CT molecular complexity index is 627. The Labute approximate surface area is 147 Å². The maximum Gasteiger partial charge on any atom is 0.231 e. The summed E-state index contributed by atoms with van der Waals surface area (Å²) in [5.74, 6) is 0.0744. The molecule has 0 aliphatic carbocycles. The minimum Gasteiger partial charge on any atom is -0.326 e. The zero-order valence-corrected chi connectivity index (χ0v) is 14.5. The quantitative estimate of drug-likeness (QED) is 0.878. The average molecular weight is 358 g/mol. The van der Waals surface area contributed by atoms with E-state index in [1.54, 1.807) is 11.0 Å². The van der Waals surface area contributed by atoms with Gasteiger partial charge in [0.15, 0.2) is 0 Å². The molecule has 1 atom stereocenters. The van der Waals surface area contributed by atoms with Crippen LogP contribution >= 0.6 is 24.8 Å². The summed E-state index contributed by atoms with van der Waals surface area (Å²) < 4.78 is 1.75. The lowest BCUT2D eigenvalue weighted by molar-refractivity contribution is -0.123. The maximum absolute atomic E-state index is 12.4. The van der Waals surface area contributed by atoms with E-state index in [2.05, 4.69) is 20.7 Å². The molecule has 126 valence electrons. The van der Waals surface area contributed by atoms with Crippen molar-refractivity contribution in [1.29, 1.82) is 0 Å². The van der Waals surface area contributed by atoms with Crippen molar-refractivity contribution < 1.29 is 4.79 Å². The van der Waals surface area contributed by atoms with Crippen molar-refractivity contribution in [3.63, 3.8) is 0 Å². The van der Waals surface area contributed by atoms with Gasteiger partial charge in [-0.05, 0) is 37.6 Å². The smallest absolute Gasteiger partial charge is 0.231 e. The molecule has 2 aromatic rings. The number of hydrogen-bond acceptors (Lipinski definition) is 4. The van der Waals surface area contributed by atoms with Crippen LogP contribution in [0.3, 0.4) is 0 Å². The van der Waals surface area contributed by atoms with E-state index in [0.717, 1.165) is 30.8 Å². The highest BCUT2D eigenvalue weighted by Gasteiger charge is 2.36. The first-order valence-electron chi connectivity index (χ1n) is 7.09. The normalized spacial score (nSPS) is 19.5. The fraction of sp³-hybridized carbons (Fsp3) is 0.400. The van der Waals surface area contributed by atoms with Gasteiger partial charge < -0.3 is 10.6 Å². The molecule has 0 radical (unpaired) electrons. The van der Waals surface area contributed by atoms with Gasteiger partial charge in [-0.3, -0.25) is 4.79 Å². The van der Waals surface area contributed by atoms with Crippen LogP contribution < -0.4 is 10.6 Å². The Morgan fingerprint density at radius 3 is 2.91 bits per heavy atom. The Kier molecular flexibility index (Phi) is 7.00. The van der Waals surface area contributed by atoms with E-state index in [-0.39, 0.29) is 36.1 Å². The summed E-state index contributed by atoms with van der Waals surface area (Å²) in [4.78, 5) is 16.3. The van der Waals surface area contributed by atoms with Gasteiger partial charge in [-0.15, -0.1) is 24.8 Å². The highest BCUT2D eigenvalue weighted by atomic mass is 35.5. The second kappa shape index (κ2) is 8.29. The van der Waals surface area contributed by atoms with Crippen LogP contribution in [0, 0.1) is 5.41 Å². The van der Waals surface area contributed by atoms with Gasteiger partial charge in [0.1, 0.15) is 12.7 Å². The van der Waals surface area contributed by atoms with Crippen molar-refractivity contribution >= 4 is 36.4 Å². The number of halogens is 2. The molecule has 6 nitrogen and oxygen atoms in total. The van der Waals surface area contributed by atoms with Gasteiger partial charge in [-0.1, -0.05) is 12.1 Å². The summed E-state index contributed by atoms with van der Waals surface area (Å²) >= 11 is 0. The van der Waals surface area contributed by atoms with Gasteiger partial charge in [-0.2, -0.15) is 5.10 Å². The van der Waals surface area contributed by atoms with E-state index < -0.39 is 0 Å². The molecule has 2 heterocycles. The van der Waals surface area contributed by atoms with Crippen molar-refractivity contribution in [2.45, 2.75) is 19.9 Å². The Morgan fingerprint density at radius 2 is 2.26 bits per heavy atom. The predicted octanol–water partition coefficient (Wildman–Crippen LogP) is 2.11. The van der Waals surface area contributed by atoms with Crippen molar-refractivity contribution in [1.82, 2.24) is 20.1 Å². The molecule has 1 aromatic heterocycles. The van der Waals surface area contributed by atoms with Crippen LogP contribution in [0.1, 0.15) is 18.9 Å². The Balaban J connectivity index is 0.00000132. The summed E-state index contributed by atoms with van der Waals surface area (Å²) in [5, 5.41) is 10.3. The van der Waals surface area contributed by atoms with Crippen LogP contribution in [0.15, 0.2) is 36.9 Å². The highest BCUT2D eigenvalue weighted by Crippen LogP contribution is 2.26. The SMILES string of the molecule is CC1(C(=O)Nc2cccc(Cn3cncn3)c2)CCNC1.Cl.Cl. The van der Waals surface area contributed by atoms with Gasteiger partial charge in [0.25, 0.3) is 0 Å². The molecule has 0 bridgehead atoms. The summed E-state index contributed by atoms with van der Waals surface area (Å²) in [6.07, 6.45) is 4.06. The first-order chi connectivity index (χ1) is 10.2. The fourth-order valence-corrected chi connectivity index (χ4v) is 2.54. The third-order valence-corrected chi connectivity index (χ3v) is 3.91. The third kappa shape index (κ3) is 4.67. The van der Waals surface area contributed by atoms with Crippen molar-refractivity contribution in [2.24, 2.45) is 5.41 Å². The second-order valence-electron chi connectivity index (χ2n) is 5.73. The topological polar surface area (TPSA) is 71.8 Å². The number of nitrogens with zero attached hydrogens (tertiary/aromatic N) is 3.